The van der Waals surface area contributed by atoms with E-state index in [1.807, 2.05) is 25.1 Å². The van der Waals surface area contributed by atoms with E-state index in [1.165, 1.54) is 0 Å². The van der Waals surface area contributed by atoms with Gasteiger partial charge in [0.05, 0.1) is 17.9 Å². The maximum Gasteiger partial charge on any atom is 0.158 e. The van der Waals surface area contributed by atoms with Crippen LogP contribution in [0, 0.1) is 0 Å². The number of aromatic nitrogens is 4. The van der Waals surface area contributed by atoms with Gasteiger partial charge in [0.25, 0.3) is 0 Å². The van der Waals surface area contributed by atoms with E-state index < -0.39 is 0 Å². The molecule has 6 heteroatoms. The zero-order valence-corrected chi connectivity index (χ0v) is 12.5. The Hall–Kier alpha value is -2.37. The molecule has 1 N–H and O–H groups in total. The summed E-state index contributed by atoms with van der Waals surface area (Å²) in [5.74, 6) is 1.73. The van der Waals surface area contributed by atoms with Gasteiger partial charge in [-0.25, -0.2) is 4.98 Å². The first kappa shape index (κ1) is 13.6. The highest BCUT2D eigenvalue weighted by Crippen LogP contribution is 2.21. The summed E-state index contributed by atoms with van der Waals surface area (Å²) in [6.07, 6.45) is 3.50. The molecule has 1 atom stereocenters. The zero-order chi connectivity index (χ0) is 14.8. The Labute approximate surface area is 123 Å². The first-order chi connectivity index (χ1) is 10.2. The first-order valence-electron chi connectivity index (χ1n) is 7.27. The number of aryl methyl sites for hydroxylation is 2. The summed E-state index contributed by atoms with van der Waals surface area (Å²) in [7, 11) is 0. The van der Waals surface area contributed by atoms with Gasteiger partial charge in [-0.2, -0.15) is 9.61 Å². The van der Waals surface area contributed by atoms with Crippen molar-refractivity contribution in [2.24, 2.45) is 0 Å². The van der Waals surface area contributed by atoms with Crippen molar-refractivity contribution in [3.05, 3.63) is 41.5 Å². The normalized spacial score (nSPS) is 12.7. The molecule has 0 unspecified atom stereocenters. The molecule has 0 radical (unpaired) electrons. The SMILES string of the molecule is CCc1cc([C@@H](C)Nc2cc(CC)nc3ccnn23)on1. The molecule has 0 fully saturated rings. The van der Waals surface area contributed by atoms with Crippen molar-refractivity contribution in [1.82, 2.24) is 19.8 Å². The van der Waals surface area contributed by atoms with E-state index in [4.69, 9.17) is 4.52 Å². The van der Waals surface area contributed by atoms with Gasteiger partial charge in [-0.05, 0) is 19.8 Å². The van der Waals surface area contributed by atoms with Gasteiger partial charge in [-0.1, -0.05) is 19.0 Å². The van der Waals surface area contributed by atoms with E-state index in [0.717, 1.165) is 41.5 Å². The quantitative estimate of drug-likeness (QED) is 0.780. The van der Waals surface area contributed by atoms with Gasteiger partial charge in [-0.15, -0.1) is 0 Å². The summed E-state index contributed by atoms with van der Waals surface area (Å²) in [5.41, 5.74) is 2.84. The van der Waals surface area contributed by atoms with Crippen molar-refractivity contribution in [2.75, 3.05) is 5.32 Å². The van der Waals surface area contributed by atoms with Crippen LogP contribution in [0.1, 0.15) is 44.0 Å². The maximum absolute atomic E-state index is 5.38. The predicted octanol–water partition coefficient (Wildman–Crippen LogP) is 3.02. The molecule has 0 spiro atoms. The highest BCUT2D eigenvalue weighted by atomic mass is 16.5. The average Bonchev–Trinajstić information content (AvgIpc) is 3.15. The number of hydrogen-bond acceptors (Lipinski definition) is 5. The maximum atomic E-state index is 5.38. The minimum Gasteiger partial charge on any atom is -0.360 e. The molecule has 0 aliphatic carbocycles. The van der Waals surface area contributed by atoms with Crippen LogP contribution in [0.15, 0.2) is 28.9 Å². The van der Waals surface area contributed by atoms with E-state index in [0.29, 0.717) is 0 Å². The second kappa shape index (κ2) is 5.55. The van der Waals surface area contributed by atoms with Crippen molar-refractivity contribution in [3.63, 3.8) is 0 Å². The molecule has 0 aliphatic heterocycles. The molecule has 0 aromatic carbocycles. The molecule has 0 aliphatic rings. The number of anilines is 1. The van der Waals surface area contributed by atoms with Gasteiger partial charge < -0.3 is 9.84 Å². The molecule has 110 valence electrons. The highest BCUT2D eigenvalue weighted by Gasteiger charge is 2.14. The summed E-state index contributed by atoms with van der Waals surface area (Å²) in [6, 6.07) is 5.92. The molecule has 21 heavy (non-hydrogen) atoms. The van der Waals surface area contributed by atoms with E-state index in [9.17, 15) is 0 Å². The fourth-order valence-electron chi connectivity index (χ4n) is 2.24. The van der Waals surface area contributed by atoms with E-state index in [2.05, 4.69) is 34.4 Å². The van der Waals surface area contributed by atoms with Crippen molar-refractivity contribution >= 4 is 11.5 Å². The lowest BCUT2D eigenvalue weighted by Gasteiger charge is -2.14. The van der Waals surface area contributed by atoms with Gasteiger partial charge >= 0.3 is 0 Å². The molecular weight excluding hydrogens is 266 g/mol. The molecule has 3 aromatic heterocycles. The summed E-state index contributed by atoms with van der Waals surface area (Å²) in [4.78, 5) is 4.54. The number of rotatable bonds is 5. The van der Waals surface area contributed by atoms with Crippen molar-refractivity contribution in [1.29, 1.82) is 0 Å². The molecule has 0 saturated carbocycles. The lowest BCUT2D eigenvalue weighted by molar-refractivity contribution is 0.368. The highest BCUT2D eigenvalue weighted by molar-refractivity contribution is 5.49. The van der Waals surface area contributed by atoms with Gasteiger partial charge in [0.15, 0.2) is 11.4 Å². The Morgan fingerprint density at radius 1 is 1.24 bits per heavy atom. The molecule has 6 nitrogen and oxygen atoms in total. The smallest absolute Gasteiger partial charge is 0.158 e. The van der Waals surface area contributed by atoms with Crippen LogP contribution in [-0.4, -0.2) is 19.8 Å². The lowest BCUT2D eigenvalue weighted by atomic mass is 10.2. The summed E-state index contributed by atoms with van der Waals surface area (Å²) in [5, 5.41) is 11.8. The van der Waals surface area contributed by atoms with Crippen molar-refractivity contribution in [3.8, 4) is 0 Å². The van der Waals surface area contributed by atoms with Crippen LogP contribution in [0.3, 0.4) is 0 Å². The molecule has 3 heterocycles. The average molecular weight is 285 g/mol. The Kier molecular flexibility index (Phi) is 3.60. The number of fused-ring (bicyclic) bond motifs is 1. The van der Waals surface area contributed by atoms with Gasteiger partial charge in [-0.3, -0.25) is 0 Å². The van der Waals surface area contributed by atoms with Crippen LogP contribution in [0.4, 0.5) is 5.82 Å². The number of hydrogen-bond donors (Lipinski definition) is 1. The topological polar surface area (TPSA) is 68.2 Å². The van der Waals surface area contributed by atoms with Crippen LogP contribution in [0.5, 0.6) is 0 Å². The minimum absolute atomic E-state index is 0.0114. The van der Waals surface area contributed by atoms with Crippen LogP contribution in [0.2, 0.25) is 0 Å². The molecule has 3 rings (SSSR count). The Balaban J connectivity index is 1.91. The third-order valence-electron chi connectivity index (χ3n) is 3.51. The molecule has 3 aromatic rings. The van der Waals surface area contributed by atoms with Crippen molar-refractivity contribution < 1.29 is 4.52 Å². The molecule has 0 saturated heterocycles. The van der Waals surface area contributed by atoms with Crippen LogP contribution >= 0.6 is 0 Å². The van der Waals surface area contributed by atoms with Crippen molar-refractivity contribution in [2.45, 2.75) is 39.7 Å². The minimum atomic E-state index is 0.0114. The molecule has 0 bridgehead atoms. The monoisotopic (exact) mass is 285 g/mol. The standard InChI is InChI=1S/C15H19N5O/c1-4-11-9-15(20-14(18-11)6-7-16-20)17-10(3)13-8-12(5-2)19-21-13/h6-10,17H,4-5H2,1-3H3/t10-/m1/s1. The first-order valence-corrected chi connectivity index (χ1v) is 7.27. The van der Waals surface area contributed by atoms with Crippen LogP contribution < -0.4 is 5.32 Å². The fraction of sp³-hybridized carbons (Fsp3) is 0.400. The van der Waals surface area contributed by atoms with Gasteiger partial charge in [0, 0.05) is 23.9 Å². The Morgan fingerprint density at radius 3 is 2.76 bits per heavy atom. The second-order valence-corrected chi connectivity index (χ2v) is 5.03. The zero-order valence-electron chi connectivity index (χ0n) is 12.5. The van der Waals surface area contributed by atoms with Gasteiger partial charge in [0.1, 0.15) is 5.82 Å². The van der Waals surface area contributed by atoms with E-state index >= 15 is 0 Å². The molecule has 0 amide bonds. The molecular formula is C15H19N5O. The third-order valence-corrected chi connectivity index (χ3v) is 3.51. The predicted molar refractivity (Wildman–Crippen MR) is 80.3 cm³/mol. The van der Waals surface area contributed by atoms with E-state index in [1.54, 1.807) is 10.7 Å². The van der Waals surface area contributed by atoms with Crippen LogP contribution in [0.25, 0.3) is 5.65 Å². The Morgan fingerprint density at radius 2 is 2.05 bits per heavy atom. The lowest BCUT2D eigenvalue weighted by Crippen LogP contribution is -2.11. The fourth-order valence-corrected chi connectivity index (χ4v) is 2.24. The van der Waals surface area contributed by atoms with E-state index in [-0.39, 0.29) is 6.04 Å². The number of nitrogens with one attached hydrogen (secondary N) is 1. The summed E-state index contributed by atoms with van der Waals surface area (Å²) >= 11 is 0. The second-order valence-electron chi connectivity index (χ2n) is 5.03. The third kappa shape index (κ3) is 2.61. The summed E-state index contributed by atoms with van der Waals surface area (Å²) in [6.45, 7) is 6.19. The van der Waals surface area contributed by atoms with Gasteiger partial charge in [0.2, 0.25) is 0 Å². The largest absolute Gasteiger partial charge is 0.360 e. The Bertz CT molecular complexity index is 745. The summed E-state index contributed by atoms with van der Waals surface area (Å²) < 4.78 is 7.18. The number of nitrogens with zero attached hydrogens (tertiary/aromatic N) is 4. The van der Waals surface area contributed by atoms with Crippen LogP contribution in [-0.2, 0) is 12.8 Å².